The van der Waals surface area contributed by atoms with Gasteiger partial charge in [0, 0.05) is 19.5 Å². The molecule has 1 rings (SSSR count). The molecule has 1 fully saturated rings. The fourth-order valence-corrected chi connectivity index (χ4v) is 1.37. The van der Waals surface area contributed by atoms with Crippen molar-refractivity contribution in [2.45, 2.75) is 19.0 Å². The maximum absolute atomic E-state index is 13.3. The van der Waals surface area contributed by atoms with E-state index in [2.05, 4.69) is 11.9 Å². The maximum Gasteiger partial charge on any atom is 0.317 e. The van der Waals surface area contributed by atoms with Crippen molar-refractivity contribution in [2.75, 3.05) is 19.6 Å². The van der Waals surface area contributed by atoms with Crippen LogP contribution in [0.4, 0.5) is 9.18 Å². The first kappa shape index (κ1) is 10.0. The molecule has 0 bridgehead atoms. The molecule has 0 radical (unpaired) electrons. The van der Waals surface area contributed by atoms with E-state index in [-0.39, 0.29) is 12.6 Å². The zero-order valence-corrected chi connectivity index (χ0v) is 7.85. The Labute approximate surface area is 77.6 Å². The van der Waals surface area contributed by atoms with E-state index in [1.165, 1.54) is 11.8 Å². The molecule has 4 heteroatoms. The largest absolute Gasteiger partial charge is 0.335 e. The van der Waals surface area contributed by atoms with Crippen molar-refractivity contribution in [2.24, 2.45) is 0 Å². The van der Waals surface area contributed by atoms with E-state index in [0.29, 0.717) is 19.5 Å². The molecule has 0 spiro atoms. The van der Waals surface area contributed by atoms with Gasteiger partial charge in [0.05, 0.1) is 6.54 Å². The van der Waals surface area contributed by atoms with Crippen LogP contribution >= 0.6 is 0 Å². The van der Waals surface area contributed by atoms with Gasteiger partial charge in [0.25, 0.3) is 0 Å². The van der Waals surface area contributed by atoms with Crippen LogP contribution in [0.3, 0.4) is 0 Å². The third kappa shape index (κ3) is 2.72. The van der Waals surface area contributed by atoms with Crippen LogP contribution in [0, 0.1) is 0 Å². The molecule has 1 aliphatic heterocycles. The van der Waals surface area contributed by atoms with E-state index in [9.17, 15) is 9.18 Å². The van der Waals surface area contributed by atoms with E-state index in [4.69, 9.17) is 0 Å². The average molecular weight is 186 g/mol. The topological polar surface area (TPSA) is 32.3 Å². The number of nitrogens with one attached hydrogen (secondary N) is 1. The molecule has 13 heavy (non-hydrogen) atoms. The first-order valence-electron chi connectivity index (χ1n) is 4.38. The minimum absolute atomic E-state index is 0.190. The molecule has 1 saturated heterocycles. The highest BCUT2D eigenvalue weighted by molar-refractivity contribution is 5.74. The van der Waals surface area contributed by atoms with Crippen LogP contribution in [0.2, 0.25) is 0 Å². The summed E-state index contributed by atoms with van der Waals surface area (Å²) in [6.45, 7) is 6.12. The van der Waals surface area contributed by atoms with Crippen molar-refractivity contribution in [3.05, 3.63) is 12.7 Å². The van der Waals surface area contributed by atoms with Crippen LogP contribution in [0.5, 0.6) is 0 Å². The first-order valence-corrected chi connectivity index (χ1v) is 4.38. The van der Waals surface area contributed by atoms with Crippen molar-refractivity contribution < 1.29 is 9.18 Å². The number of alkyl halides is 1. The number of hydrogen-bond acceptors (Lipinski definition) is 1. The Morgan fingerprint density at radius 3 is 3.00 bits per heavy atom. The van der Waals surface area contributed by atoms with Crippen molar-refractivity contribution in [1.82, 2.24) is 10.2 Å². The smallest absolute Gasteiger partial charge is 0.317 e. The number of amides is 2. The highest BCUT2D eigenvalue weighted by Crippen LogP contribution is 2.24. The van der Waals surface area contributed by atoms with E-state index in [1.807, 2.05) is 0 Å². The van der Waals surface area contributed by atoms with E-state index >= 15 is 0 Å². The molecule has 74 valence electrons. The number of carbonyl (C=O) groups excluding carboxylic acids is 1. The molecule has 1 heterocycles. The minimum atomic E-state index is -1.22. The monoisotopic (exact) mass is 186 g/mol. The van der Waals surface area contributed by atoms with E-state index in [1.54, 1.807) is 6.08 Å². The Balaban J connectivity index is 2.37. The molecule has 0 saturated carbocycles. The van der Waals surface area contributed by atoms with Crippen molar-refractivity contribution in [3.8, 4) is 0 Å². The molecule has 0 aromatic carbocycles. The summed E-state index contributed by atoms with van der Waals surface area (Å²) < 4.78 is 13.3. The molecule has 1 N–H and O–H groups in total. The summed E-state index contributed by atoms with van der Waals surface area (Å²) in [4.78, 5) is 12.8. The fourth-order valence-electron chi connectivity index (χ4n) is 1.37. The molecule has 0 aromatic heterocycles. The fraction of sp³-hybridized carbons (Fsp3) is 0.667. The van der Waals surface area contributed by atoms with E-state index < -0.39 is 5.67 Å². The van der Waals surface area contributed by atoms with Gasteiger partial charge in [0.15, 0.2) is 0 Å². The molecular weight excluding hydrogens is 171 g/mol. The number of rotatable bonds is 2. The second-order valence-electron chi connectivity index (χ2n) is 3.56. The third-order valence-corrected chi connectivity index (χ3v) is 2.11. The maximum atomic E-state index is 13.3. The summed E-state index contributed by atoms with van der Waals surface area (Å²) in [5.74, 6) is 0. The molecule has 2 amide bonds. The third-order valence-electron chi connectivity index (χ3n) is 2.11. The predicted octanol–water partition coefficient (Wildman–Crippen LogP) is 1.32. The lowest BCUT2D eigenvalue weighted by Crippen LogP contribution is -2.39. The van der Waals surface area contributed by atoms with Gasteiger partial charge in [-0.05, 0) is 6.92 Å². The lowest BCUT2D eigenvalue weighted by molar-refractivity contribution is 0.179. The molecule has 0 aliphatic carbocycles. The second kappa shape index (κ2) is 3.77. The Hall–Kier alpha value is -1.06. The summed E-state index contributed by atoms with van der Waals surface area (Å²) in [5, 5.41) is 2.61. The summed E-state index contributed by atoms with van der Waals surface area (Å²) in [6, 6.07) is -0.207. The minimum Gasteiger partial charge on any atom is -0.335 e. The van der Waals surface area contributed by atoms with Crippen LogP contribution in [0.15, 0.2) is 12.7 Å². The van der Waals surface area contributed by atoms with Crippen LogP contribution in [-0.4, -0.2) is 36.2 Å². The molecule has 0 aromatic rings. The summed E-state index contributed by atoms with van der Waals surface area (Å²) in [7, 11) is 0. The van der Waals surface area contributed by atoms with Crippen LogP contribution in [0.25, 0.3) is 0 Å². The number of carbonyl (C=O) groups is 1. The van der Waals surface area contributed by atoms with Gasteiger partial charge in [0.1, 0.15) is 5.67 Å². The molecule has 3 nitrogen and oxygen atoms in total. The zero-order chi connectivity index (χ0) is 9.90. The normalized spacial score (nSPS) is 27.4. The molecule has 1 unspecified atom stereocenters. The van der Waals surface area contributed by atoms with E-state index in [0.717, 1.165) is 0 Å². The highest BCUT2D eigenvalue weighted by Gasteiger charge is 2.35. The Morgan fingerprint density at radius 1 is 1.85 bits per heavy atom. The first-order chi connectivity index (χ1) is 6.05. The van der Waals surface area contributed by atoms with Gasteiger partial charge in [0.2, 0.25) is 0 Å². The van der Waals surface area contributed by atoms with Gasteiger partial charge in [-0.25, -0.2) is 9.18 Å². The van der Waals surface area contributed by atoms with Gasteiger partial charge in [-0.2, -0.15) is 0 Å². The standard InChI is InChI=1S/C9H15FN2O/c1-3-5-11-8(13)12-6-4-9(2,10)7-12/h3H,1,4-7H2,2H3,(H,11,13). The van der Waals surface area contributed by atoms with Crippen molar-refractivity contribution in [3.63, 3.8) is 0 Å². The van der Waals surface area contributed by atoms with Crippen LogP contribution in [-0.2, 0) is 0 Å². The quantitative estimate of drug-likeness (QED) is 0.648. The van der Waals surface area contributed by atoms with Gasteiger partial charge in [-0.3, -0.25) is 0 Å². The molecule has 1 aliphatic rings. The van der Waals surface area contributed by atoms with Crippen LogP contribution < -0.4 is 5.32 Å². The lowest BCUT2D eigenvalue weighted by atomic mass is 10.1. The Morgan fingerprint density at radius 2 is 2.54 bits per heavy atom. The number of likely N-dealkylation sites (tertiary alicyclic amines) is 1. The van der Waals surface area contributed by atoms with Gasteiger partial charge in [-0.15, -0.1) is 6.58 Å². The summed E-state index contributed by atoms with van der Waals surface area (Å²) >= 11 is 0. The number of halogens is 1. The summed E-state index contributed by atoms with van der Waals surface area (Å²) in [6.07, 6.45) is 2.02. The number of hydrogen-bond donors (Lipinski definition) is 1. The second-order valence-corrected chi connectivity index (χ2v) is 3.56. The Kier molecular flexibility index (Phi) is 2.90. The zero-order valence-electron chi connectivity index (χ0n) is 7.85. The lowest BCUT2D eigenvalue weighted by Gasteiger charge is -2.17. The highest BCUT2D eigenvalue weighted by atomic mass is 19.1. The van der Waals surface area contributed by atoms with Gasteiger partial charge >= 0.3 is 6.03 Å². The van der Waals surface area contributed by atoms with Crippen LogP contribution in [0.1, 0.15) is 13.3 Å². The number of nitrogens with zero attached hydrogens (tertiary/aromatic N) is 1. The van der Waals surface area contributed by atoms with Crippen molar-refractivity contribution >= 4 is 6.03 Å². The average Bonchev–Trinajstić information content (AvgIpc) is 2.42. The number of urea groups is 1. The van der Waals surface area contributed by atoms with Gasteiger partial charge in [-0.1, -0.05) is 6.08 Å². The molecular formula is C9H15FN2O. The predicted molar refractivity (Wildman–Crippen MR) is 49.3 cm³/mol. The Bertz CT molecular complexity index is 216. The molecule has 1 atom stereocenters. The van der Waals surface area contributed by atoms with Crippen molar-refractivity contribution in [1.29, 1.82) is 0 Å². The van der Waals surface area contributed by atoms with Gasteiger partial charge < -0.3 is 10.2 Å². The summed E-state index contributed by atoms with van der Waals surface area (Å²) in [5.41, 5.74) is -1.22. The SMILES string of the molecule is C=CCNC(=O)N1CCC(C)(F)C1.